The van der Waals surface area contributed by atoms with Gasteiger partial charge in [-0.05, 0) is 37.3 Å². The first-order chi connectivity index (χ1) is 12.7. The van der Waals surface area contributed by atoms with E-state index in [0.29, 0.717) is 19.1 Å². The van der Waals surface area contributed by atoms with Gasteiger partial charge in [-0.25, -0.2) is 4.79 Å². The Morgan fingerprint density at radius 3 is 2.81 bits per heavy atom. The standard InChI is InChI=1S/C17H26N6O2S/c1-2-18-16(19-7-10-23-14(24)12-20-17(23)25)21-13-5-8-22(9-6-13)15-4-3-11-26-15/h3-4,11,13H,2,5-10,12H2,1H3,(H,20,25)(H2,18,19,21). The van der Waals surface area contributed by atoms with Crippen molar-refractivity contribution >= 4 is 34.2 Å². The summed E-state index contributed by atoms with van der Waals surface area (Å²) < 4.78 is 0. The second kappa shape index (κ2) is 8.88. The van der Waals surface area contributed by atoms with Gasteiger partial charge in [0.2, 0.25) is 5.91 Å². The van der Waals surface area contributed by atoms with Crippen LogP contribution < -0.4 is 20.9 Å². The van der Waals surface area contributed by atoms with Gasteiger partial charge in [-0.2, -0.15) is 0 Å². The number of amides is 3. The first kappa shape index (κ1) is 18.5. The average Bonchev–Trinajstić information content (AvgIpc) is 3.28. The van der Waals surface area contributed by atoms with E-state index in [-0.39, 0.29) is 18.5 Å². The van der Waals surface area contributed by atoms with E-state index in [4.69, 9.17) is 0 Å². The summed E-state index contributed by atoms with van der Waals surface area (Å²) >= 11 is 1.78. The van der Waals surface area contributed by atoms with E-state index in [9.17, 15) is 9.59 Å². The van der Waals surface area contributed by atoms with E-state index in [1.807, 2.05) is 6.92 Å². The monoisotopic (exact) mass is 378 g/mol. The third-order valence-electron chi connectivity index (χ3n) is 4.53. The number of aliphatic imine (C=N–C) groups is 1. The lowest BCUT2D eigenvalue weighted by Crippen LogP contribution is -2.49. The largest absolute Gasteiger partial charge is 0.363 e. The van der Waals surface area contributed by atoms with Crippen molar-refractivity contribution < 1.29 is 9.59 Å². The molecule has 8 nitrogen and oxygen atoms in total. The van der Waals surface area contributed by atoms with Crippen molar-refractivity contribution in [1.29, 1.82) is 0 Å². The number of nitrogens with one attached hydrogen (secondary N) is 3. The lowest BCUT2D eigenvalue weighted by atomic mass is 10.1. The Morgan fingerprint density at radius 1 is 1.38 bits per heavy atom. The molecule has 0 saturated carbocycles. The Morgan fingerprint density at radius 2 is 2.19 bits per heavy atom. The summed E-state index contributed by atoms with van der Waals surface area (Å²) in [5.41, 5.74) is 0. The molecule has 0 atom stereocenters. The lowest BCUT2D eigenvalue weighted by Gasteiger charge is -2.33. The molecule has 3 amide bonds. The minimum Gasteiger partial charge on any atom is -0.363 e. The van der Waals surface area contributed by atoms with Gasteiger partial charge in [-0.3, -0.25) is 14.7 Å². The van der Waals surface area contributed by atoms with E-state index in [1.165, 1.54) is 9.90 Å². The van der Waals surface area contributed by atoms with Crippen molar-refractivity contribution in [3.63, 3.8) is 0 Å². The lowest BCUT2D eigenvalue weighted by molar-refractivity contribution is -0.124. The SMILES string of the molecule is CCNC(=NCCN1C(=O)CNC1=O)NC1CCN(c2cccs2)CC1. The number of hydrogen-bond donors (Lipinski definition) is 3. The van der Waals surface area contributed by atoms with Gasteiger partial charge in [-0.1, -0.05) is 0 Å². The van der Waals surface area contributed by atoms with Gasteiger partial charge < -0.3 is 20.9 Å². The Labute approximate surface area is 157 Å². The predicted octanol–water partition coefficient (Wildman–Crippen LogP) is 0.824. The van der Waals surface area contributed by atoms with Crippen LogP contribution in [-0.2, 0) is 4.79 Å². The fourth-order valence-corrected chi connectivity index (χ4v) is 3.94. The van der Waals surface area contributed by atoms with Crippen LogP contribution in [0.4, 0.5) is 9.80 Å². The third kappa shape index (κ3) is 4.66. The Bertz CT molecular complexity index is 624. The zero-order valence-corrected chi connectivity index (χ0v) is 15.8. The summed E-state index contributed by atoms with van der Waals surface area (Å²) in [6, 6.07) is 4.30. The molecule has 1 aromatic rings. The first-order valence-corrected chi connectivity index (χ1v) is 9.97. The molecule has 0 radical (unpaired) electrons. The minimum atomic E-state index is -0.330. The second-order valence-corrected chi connectivity index (χ2v) is 7.25. The minimum absolute atomic E-state index is 0.0870. The van der Waals surface area contributed by atoms with Crippen LogP contribution in [0.1, 0.15) is 19.8 Å². The van der Waals surface area contributed by atoms with Crippen molar-refractivity contribution in [2.45, 2.75) is 25.8 Å². The maximum Gasteiger partial charge on any atom is 0.324 e. The number of carbonyl (C=O) groups is 2. The van der Waals surface area contributed by atoms with Crippen molar-refractivity contribution in [1.82, 2.24) is 20.9 Å². The molecule has 3 heterocycles. The Balaban J connectivity index is 1.47. The zero-order valence-electron chi connectivity index (χ0n) is 15.0. The number of urea groups is 1. The topological polar surface area (TPSA) is 89.1 Å². The molecular weight excluding hydrogens is 352 g/mol. The molecule has 9 heteroatoms. The molecule has 0 bridgehead atoms. The molecule has 0 unspecified atom stereocenters. The van der Waals surface area contributed by atoms with E-state index in [0.717, 1.165) is 38.4 Å². The van der Waals surface area contributed by atoms with E-state index in [1.54, 1.807) is 11.3 Å². The van der Waals surface area contributed by atoms with Gasteiger partial charge in [0.25, 0.3) is 0 Å². The van der Waals surface area contributed by atoms with Crippen molar-refractivity contribution in [2.75, 3.05) is 44.2 Å². The van der Waals surface area contributed by atoms with Crippen molar-refractivity contribution in [2.24, 2.45) is 4.99 Å². The van der Waals surface area contributed by atoms with Crippen molar-refractivity contribution in [3.05, 3.63) is 17.5 Å². The van der Waals surface area contributed by atoms with Crippen LogP contribution >= 0.6 is 11.3 Å². The third-order valence-corrected chi connectivity index (χ3v) is 5.46. The molecule has 142 valence electrons. The summed E-state index contributed by atoms with van der Waals surface area (Å²) in [5.74, 6) is 0.554. The molecule has 0 aromatic carbocycles. The molecule has 2 aliphatic heterocycles. The molecule has 3 rings (SSSR count). The van der Waals surface area contributed by atoms with Crippen LogP contribution in [0.3, 0.4) is 0 Å². The summed E-state index contributed by atoms with van der Waals surface area (Å²) in [5, 5.41) is 12.7. The second-order valence-electron chi connectivity index (χ2n) is 6.32. The maximum atomic E-state index is 11.6. The fourth-order valence-electron chi connectivity index (χ4n) is 3.15. The number of guanidine groups is 1. The van der Waals surface area contributed by atoms with E-state index < -0.39 is 0 Å². The fraction of sp³-hybridized carbons (Fsp3) is 0.588. The smallest absolute Gasteiger partial charge is 0.324 e. The van der Waals surface area contributed by atoms with Gasteiger partial charge in [-0.15, -0.1) is 11.3 Å². The van der Waals surface area contributed by atoms with Gasteiger partial charge in [0.15, 0.2) is 5.96 Å². The number of carbonyl (C=O) groups excluding carboxylic acids is 2. The normalized spacial score (nSPS) is 19.0. The van der Waals surface area contributed by atoms with E-state index >= 15 is 0 Å². The van der Waals surface area contributed by atoms with Crippen LogP contribution in [0.15, 0.2) is 22.5 Å². The van der Waals surface area contributed by atoms with Gasteiger partial charge in [0.05, 0.1) is 24.6 Å². The highest BCUT2D eigenvalue weighted by molar-refractivity contribution is 7.14. The number of rotatable bonds is 6. The quantitative estimate of drug-likeness (QED) is 0.388. The van der Waals surface area contributed by atoms with Gasteiger partial charge >= 0.3 is 6.03 Å². The highest BCUT2D eigenvalue weighted by atomic mass is 32.1. The summed E-state index contributed by atoms with van der Waals surface area (Å²) in [4.78, 5) is 31.3. The summed E-state index contributed by atoms with van der Waals surface area (Å²) in [6.45, 7) is 5.63. The number of hydrogen-bond acceptors (Lipinski definition) is 5. The zero-order chi connectivity index (χ0) is 18.4. The number of anilines is 1. The first-order valence-electron chi connectivity index (χ1n) is 9.09. The molecule has 2 aliphatic rings. The van der Waals surface area contributed by atoms with Crippen molar-refractivity contribution in [3.8, 4) is 0 Å². The summed E-state index contributed by atoms with van der Waals surface area (Å²) in [6.07, 6.45) is 2.10. The number of imide groups is 1. The highest BCUT2D eigenvalue weighted by Crippen LogP contribution is 2.24. The predicted molar refractivity (Wildman–Crippen MR) is 104 cm³/mol. The molecule has 2 saturated heterocycles. The van der Waals surface area contributed by atoms with Crippen LogP contribution in [0, 0.1) is 0 Å². The van der Waals surface area contributed by atoms with Crippen LogP contribution in [-0.4, -0.2) is 68.1 Å². The Hall–Kier alpha value is -2.29. The number of piperidine rings is 1. The van der Waals surface area contributed by atoms with Crippen LogP contribution in [0.2, 0.25) is 0 Å². The Kier molecular flexibility index (Phi) is 6.32. The van der Waals surface area contributed by atoms with Crippen LogP contribution in [0.5, 0.6) is 0 Å². The number of nitrogens with zero attached hydrogens (tertiary/aromatic N) is 3. The van der Waals surface area contributed by atoms with E-state index in [2.05, 4.69) is 43.4 Å². The molecule has 2 fully saturated rings. The maximum absolute atomic E-state index is 11.6. The summed E-state index contributed by atoms with van der Waals surface area (Å²) in [7, 11) is 0. The molecule has 26 heavy (non-hydrogen) atoms. The van der Waals surface area contributed by atoms with Gasteiger partial charge in [0.1, 0.15) is 0 Å². The molecule has 0 spiro atoms. The molecular formula is C17H26N6O2S. The highest BCUT2D eigenvalue weighted by Gasteiger charge is 2.27. The number of thiophene rings is 1. The van der Waals surface area contributed by atoms with Crippen LogP contribution in [0.25, 0.3) is 0 Å². The van der Waals surface area contributed by atoms with Gasteiger partial charge in [0, 0.05) is 25.7 Å². The molecule has 1 aromatic heterocycles. The average molecular weight is 379 g/mol. The molecule has 0 aliphatic carbocycles. The molecule has 3 N–H and O–H groups in total.